The van der Waals surface area contributed by atoms with Gasteiger partial charge in [-0.25, -0.2) is 9.97 Å². The van der Waals surface area contributed by atoms with Crippen molar-refractivity contribution in [3.05, 3.63) is 244 Å². The minimum Gasteiger partial charge on any atom is -0.502 e. The molecular formula is C132H144N2O2S3. The van der Waals surface area contributed by atoms with Crippen molar-refractivity contribution in [1.82, 2.24) is 9.97 Å². The molecule has 712 valence electrons. The van der Waals surface area contributed by atoms with Gasteiger partial charge < -0.3 is 9.47 Å². The van der Waals surface area contributed by atoms with E-state index in [-0.39, 0.29) is 81.2 Å². The first kappa shape index (κ1) is 88.0. The molecule has 4 heterocycles. The summed E-state index contributed by atoms with van der Waals surface area (Å²) in [6.45, 7) is 33.6. The van der Waals surface area contributed by atoms with Crippen molar-refractivity contribution in [3.8, 4) is 105 Å². The van der Waals surface area contributed by atoms with Gasteiger partial charge >= 0.3 is 0 Å². The van der Waals surface area contributed by atoms with Crippen molar-refractivity contribution >= 4 is 63.6 Å². The molecule has 0 N–H and O–H groups in total. The van der Waals surface area contributed by atoms with E-state index in [1.165, 1.54) is 318 Å². The molecule has 4 nitrogen and oxygen atoms in total. The Morgan fingerprint density at radius 1 is 0.273 bits per heavy atom. The summed E-state index contributed by atoms with van der Waals surface area (Å²) in [5, 5.41) is 2.81. The van der Waals surface area contributed by atoms with Crippen LogP contribution >= 0.6 is 34.0 Å². The van der Waals surface area contributed by atoms with Crippen molar-refractivity contribution in [2.45, 2.75) is 347 Å². The Bertz CT molecular complexity index is 7240. The highest BCUT2D eigenvalue weighted by Gasteiger charge is 2.81. The van der Waals surface area contributed by atoms with E-state index in [0.717, 1.165) is 57.5 Å². The molecule has 0 aliphatic heterocycles. The third kappa shape index (κ3) is 10.1. The highest BCUT2D eigenvalue weighted by molar-refractivity contribution is 7.36. The van der Waals surface area contributed by atoms with Crippen molar-refractivity contribution in [2.75, 3.05) is 13.2 Å². The van der Waals surface area contributed by atoms with Crippen LogP contribution in [-0.2, 0) is 31.8 Å². The van der Waals surface area contributed by atoms with Gasteiger partial charge in [-0.15, -0.1) is 34.0 Å². The van der Waals surface area contributed by atoms with Gasteiger partial charge in [0.05, 0.1) is 62.5 Å². The molecule has 139 heavy (non-hydrogen) atoms. The molecule has 0 saturated heterocycles. The molecule has 10 fully saturated rings. The molecule has 13 aromatic rings. The fraction of sp³-hybridized carbons (Fsp3) is 0.500. The Labute approximate surface area is 840 Å². The molecule has 7 heteroatoms. The molecule has 0 atom stereocenters. The summed E-state index contributed by atoms with van der Waals surface area (Å²) < 4.78 is 17.4. The van der Waals surface area contributed by atoms with E-state index in [2.05, 4.69) is 253 Å². The molecule has 15 aliphatic rings. The van der Waals surface area contributed by atoms with Crippen LogP contribution in [0.15, 0.2) is 183 Å². The number of hydrogen-bond donors (Lipinski definition) is 0. The first-order valence-electron chi connectivity index (χ1n) is 56.2. The third-order valence-electron chi connectivity index (χ3n) is 46.6. The molecule has 10 bridgehead atoms. The first-order chi connectivity index (χ1) is 67.9. The van der Waals surface area contributed by atoms with Crippen molar-refractivity contribution in [1.29, 1.82) is 0 Å². The Kier molecular flexibility index (Phi) is 19.1. The normalized spacial score (nSPS) is 32.9. The van der Waals surface area contributed by atoms with Crippen LogP contribution in [-0.4, -0.2) is 23.2 Å². The monoisotopic (exact) mass is 1890 g/mol. The van der Waals surface area contributed by atoms with E-state index in [9.17, 15) is 0 Å². The zero-order chi connectivity index (χ0) is 94.0. The smallest absolute Gasteiger partial charge is 0.119 e. The second kappa shape index (κ2) is 30.2. The highest BCUT2D eigenvalue weighted by atomic mass is 32.1. The maximum atomic E-state index is 6.71. The van der Waals surface area contributed by atoms with Crippen LogP contribution in [0.25, 0.3) is 129 Å². The lowest BCUT2D eigenvalue weighted by atomic mass is 9.53. The first-order valence-corrected chi connectivity index (χ1v) is 58.6. The number of unbranched alkanes of at least 4 members (excludes halogenated alkanes) is 7. The van der Waals surface area contributed by atoms with Gasteiger partial charge in [0.1, 0.15) is 5.75 Å². The van der Waals surface area contributed by atoms with E-state index in [1.807, 2.05) is 34.0 Å². The second-order valence-corrected chi connectivity index (χ2v) is 51.8. The average molecular weight is 1890 g/mol. The number of aromatic nitrogens is 2. The van der Waals surface area contributed by atoms with Gasteiger partial charge in [0.2, 0.25) is 0 Å². The van der Waals surface area contributed by atoms with E-state index in [0.29, 0.717) is 0 Å². The minimum atomic E-state index is -0.259. The minimum absolute atomic E-state index is 0.0777. The predicted octanol–water partition coefficient (Wildman–Crippen LogP) is 38.0. The molecule has 4 aromatic heterocycles. The fourth-order valence-corrected chi connectivity index (χ4v) is 44.0. The van der Waals surface area contributed by atoms with E-state index in [4.69, 9.17) is 19.4 Å². The Morgan fingerprint density at radius 2 is 0.561 bits per heavy atom. The number of nitrogens with zero attached hydrogens (tertiary/aromatic N) is 2. The molecule has 0 unspecified atom stereocenters. The lowest BCUT2D eigenvalue weighted by Gasteiger charge is -2.49. The van der Waals surface area contributed by atoms with Crippen LogP contribution in [0, 0.1) is 61.1 Å². The summed E-state index contributed by atoms with van der Waals surface area (Å²) in [4.78, 5) is 16.1. The molecule has 5 spiro atoms. The van der Waals surface area contributed by atoms with E-state index in [1.54, 1.807) is 84.2 Å². The van der Waals surface area contributed by atoms with Gasteiger partial charge in [-0.3, -0.25) is 0 Å². The predicted molar refractivity (Wildman–Crippen MR) is 584 cm³/mol. The maximum absolute atomic E-state index is 6.71. The van der Waals surface area contributed by atoms with Crippen molar-refractivity contribution in [3.63, 3.8) is 0 Å². The number of benzene rings is 9. The molecule has 0 amide bonds. The number of hydrogen-bond acceptors (Lipinski definition) is 7. The lowest BCUT2D eigenvalue weighted by molar-refractivity contribution is 0.155. The van der Waals surface area contributed by atoms with Gasteiger partial charge in [-0.2, -0.15) is 0 Å². The quantitative estimate of drug-likeness (QED) is 0.0380. The molecular weight excluding hydrogens is 1740 g/mol. The van der Waals surface area contributed by atoms with Crippen LogP contribution in [0.4, 0.5) is 0 Å². The molecule has 10 saturated carbocycles. The second-order valence-electron chi connectivity index (χ2n) is 48.6. The zero-order valence-corrected chi connectivity index (χ0v) is 87.6. The molecule has 0 radical (unpaired) electrons. The average Bonchev–Trinajstić information content (AvgIpc) is 1.45. The van der Waals surface area contributed by atoms with Gasteiger partial charge in [-0.1, -0.05) is 187 Å². The third-order valence-corrected chi connectivity index (χ3v) is 50.3. The van der Waals surface area contributed by atoms with Gasteiger partial charge in [0, 0.05) is 57.3 Å². The number of aryl methyl sites for hydroxylation is 1. The standard InChI is InChI=1S/C132H144N2O2S3/c1-13-118-50-52-119(14-2,53-51-118)128(118)100-73-84(85-36-45-92-102(74-85)131(124(19-7)62-64-125(131,20-8)65-63-124)116-112(92)133-117-113(134-116)93-46-37-86(75-103(93)132(117)126(21-9)66-68-127(132,22-10)69-67-126)87-38-47-95-111(77-87)139-114-94-42-32-82(12)72-110(94)138-115(95)114)35-43-90(100)96-78-106-98(80-104(96)128)99-81-105-97(79-107(99)130(106)122(17-5)58-60-123(130,18-6)61-59-122)91-44-39-88(76-101(91)129(105)120(15-3)54-56-121(129,16-4)57-55-120)109-49-48-108(137-109)83-33-40-89(41-34-83)136-71-31-29-27-25-24-26-28-30-70-135-23-11/h23,32-49,72-81H,11,13-22,24-31,50-71H2,1-10,12H3. The van der Waals surface area contributed by atoms with Crippen LogP contribution in [0.5, 0.6) is 5.75 Å². The molecule has 9 aromatic carbocycles. The van der Waals surface area contributed by atoms with Crippen molar-refractivity contribution in [2.24, 2.45) is 54.1 Å². The van der Waals surface area contributed by atoms with Crippen LogP contribution in [0.2, 0.25) is 0 Å². The number of thiophene rings is 3. The van der Waals surface area contributed by atoms with Crippen LogP contribution in [0.3, 0.4) is 0 Å². The SMILES string of the molecule is C=COCCCCCCCCCCOc1ccc(-c2ccc(-c3ccc4c(c3)C3(c5cc6c(cc5-4)C4(c5cc7c(cc5-6)C5(c6cc(-c8ccc9c(c8)C8(c%10nc%11c(nc%10-9)C9(c%10cc(-c%12ccc%13c(c%12)sc%12c%14ccc(C)cc%14sc%13%12)ccc%10-%11)C%10(CC)CCC9(CC)CC%10)C9(CC)CCC8(CC)CC9)ccc6-7)C6(CC)CCC5(CC)CC6)C5(CC)CCC4(CC)CC5)C4(CC)CCC3(CC)CC4)s2)cc1. The summed E-state index contributed by atoms with van der Waals surface area (Å²) in [6.07, 6.45) is 49.3. The zero-order valence-electron chi connectivity index (χ0n) is 85.2. The van der Waals surface area contributed by atoms with Gasteiger partial charge in [0.15, 0.2) is 0 Å². The van der Waals surface area contributed by atoms with E-state index >= 15 is 0 Å². The summed E-state index contributed by atoms with van der Waals surface area (Å²) in [5.41, 5.74) is 41.1. The van der Waals surface area contributed by atoms with Gasteiger partial charge in [-0.05, 0) is 480 Å². The summed E-state index contributed by atoms with van der Waals surface area (Å²) in [7, 11) is 0. The maximum Gasteiger partial charge on any atom is 0.119 e. The number of ether oxygens (including phenoxy) is 2. The molecule has 15 aliphatic carbocycles. The fourth-order valence-electron chi connectivity index (χ4n) is 40.2. The Balaban J connectivity index is 0.574. The number of rotatable bonds is 27. The Hall–Kier alpha value is -8.72. The van der Waals surface area contributed by atoms with Crippen molar-refractivity contribution < 1.29 is 9.47 Å². The summed E-state index contributed by atoms with van der Waals surface area (Å²) in [6, 6.07) is 73.0. The van der Waals surface area contributed by atoms with Crippen LogP contribution < -0.4 is 4.74 Å². The summed E-state index contributed by atoms with van der Waals surface area (Å²) in [5.74, 6) is 0.979. The van der Waals surface area contributed by atoms with E-state index < -0.39 is 0 Å². The topological polar surface area (TPSA) is 44.2 Å². The number of fused-ring (bicyclic) bond motifs is 20. The molecule has 28 rings (SSSR count). The Morgan fingerprint density at radius 3 is 0.942 bits per heavy atom. The highest BCUT2D eigenvalue weighted by Crippen LogP contribution is 2.89. The van der Waals surface area contributed by atoms with Crippen LogP contribution in [0.1, 0.15) is 375 Å². The lowest BCUT2D eigenvalue weighted by Crippen LogP contribution is -2.47. The largest absolute Gasteiger partial charge is 0.502 e. The summed E-state index contributed by atoms with van der Waals surface area (Å²) >= 11 is 5.96. The van der Waals surface area contributed by atoms with Gasteiger partial charge in [0.25, 0.3) is 0 Å².